The van der Waals surface area contributed by atoms with Crippen LogP contribution in [-0.2, 0) is 4.79 Å². The van der Waals surface area contributed by atoms with Gasteiger partial charge in [0.05, 0.1) is 6.10 Å². The number of hydrogen-bond donors (Lipinski definition) is 2. The van der Waals surface area contributed by atoms with Gasteiger partial charge in [-0.15, -0.1) is 0 Å². The van der Waals surface area contributed by atoms with Crippen LogP contribution in [0.3, 0.4) is 0 Å². The SMILES string of the molecule is CCC(C)C(=O)Nc1cccc(C(C)O)c1. The van der Waals surface area contributed by atoms with Gasteiger partial charge in [-0.05, 0) is 31.0 Å². The summed E-state index contributed by atoms with van der Waals surface area (Å²) in [7, 11) is 0. The minimum atomic E-state index is -0.513. The maximum atomic E-state index is 11.7. The van der Waals surface area contributed by atoms with Gasteiger partial charge in [0, 0.05) is 11.6 Å². The van der Waals surface area contributed by atoms with E-state index >= 15 is 0 Å². The van der Waals surface area contributed by atoms with E-state index in [0.717, 1.165) is 17.7 Å². The molecule has 0 aromatic heterocycles. The second-order valence-electron chi connectivity index (χ2n) is 4.10. The third-order valence-electron chi connectivity index (χ3n) is 2.70. The molecule has 3 heteroatoms. The summed E-state index contributed by atoms with van der Waals surface area (Å²) >= 11 is 0. The zero-order chi connectivity index (χ0) is 12.1. The number of carbonyl (C=O) groups excluding carboxylic acids is 1. The summed E-state index contributed by atoms with van der Waals surface area (Å²) in [6, 6.07) is 7.29. The minimum absolute atomic E-state index is 0.00945. The molecule has 0 bridgehead atoms. The molecular formula is C13H19NO2. The molecule has 0 radical (unpaired) electrons. The summed E-state index contributed by atoms with van der Waals surface area (Å²) in [5.41, 5.74) is 1.55. The van der Waals surface area contributed by atoms with E-state index in [1.54, 1.807) is 13.0 Å². The summed E-state index contributed by atoms with van der Waals surface area (Å²) in [5.74, 6) is 0.0282. The highest BCUT2D eigenvalue weighted by Gasteiger charge is 2.10. The Morgan fingerprint density at radius 1 is 1.44 bits per heavy atom. The van der Waals surface area contributed by atoms with Gasteiger partial charge in [-0.1, -0.05) is 26.0 Å². The first kappa shape index (κ1) is 12.7. The summed E-state index contributed by atoms with van der Waals surface area (Å²) < 4.78 is 0. The predicted molar refractivity (Wildman–Crippen MR) is 65.2 cm³/mol. The average molecular weight is 221 g/mol. The molecule has 0 saturated heterocycles. The molecular weight excluding hydrogens is 202 g/mol. The standard InChI is InChI=1S/C13H19NO2/c1-4-9(2)13(16)14-12-7-5-6-11(8-12)10(3)15/h5-10,15H,4H2,1-3H3,(H,14,16). The second-order valence-corrected chi connectivity index (χ2v) is 4.10. The molecule has 0 saturated carbocycles. The Labute approximate surface area is 96.5 Å². The van der Waals surface area contributed by atoms with Crippen molar-refractivity contribution < 1.29 is 9.90 Å². The molecule has 1 rings (SSSR count). The Kier molecular flexibility index (Phi) is 4.50. The molecule has 2 N–H and O–H groups in total. The van der Waals surface area contributed by atoms with E-state index in [4.69, 9.17) is 0 Å². The highest BCUT2D eigenvalue weighted by molar-refractivity contribution is 5.92. The second kappa shape index (κ2) is 5.66. The Morgan fingerprint density at radius 3 is 2.69 bits per heavy atom. The van der Waals surface area contributed by atoms with Gasteiger partial charge in [0.25, 0.3) is 0 Å². The van der Waals surface area contributed by atoms with E-state index in [-0.39, 0.29) is 11.8 Å². The topological polar surface area (TPSA) is 49.3 Å². The molecule has 0 aliphatic rings. The van der Waals surface area contributed by atoms with Crippen LogP contribution >= 0.6 is 0 Å². The average Bonchev–Trinajstić information content (AvgIpc) is 2.28. The molecule has 2 unspecified atom stereocenters. The molecule has 2 atom stereocenters. The van der Waals surface area contributed by atoms with Gasteiger partial charge < -0.3 is 10.4 Å². The first-order chi connectivity index (χ1) is 7.54. The third-order valence-corrected chi connectivity index (χ3v) is 2.70. The fourth-order valence-electron chi connectivity index (χ4n) is 1.33. The van der Waals surface area contributed by atoms with E-state index in [1.807, 2.05) is 32.0 Å². The van der Waals surface area contributed by atoms with Gasteiger partial charge in [0.2, 0.25) is 5.91 Å². The van der Waals surface area contributed by atoms with E-state index in [2.05, 4.69) is 5.32 Å². The van der Waals surface area contributed by atoms with Gasteiger partial charge in [-0.2, -0.15) is 0 Å². The first-order valence-electron chi connectivity index (χ1n) is 5.63. The van der Waals surface area contributed by atoms with Crippen molar-refractivity contribution >= 4 is 11.6 Å². The van der Waals surface area contributed by atoms with Gasteiger partial charge >= 0.3 is 0 Å². The predicted octanol–water partition coefficient (Wildman–Crippen LogP) is 2.72. The van der Waals surface area contributed by atoms with E-state index in [9.17, 15) is 9.90 Å². The maximum Gasteiger partial charge on any atom is 0.227 e. The Balaban J connectivity index is 2.74. The third kappa shape index (κ3) is 3.35. The Hall–Kier alpha value is -1.35. The van der Waals surface area contributed by atoms with Crippen LogP contribution in [0.1, 0.15) is 38.9 Å². The summed E-state index contributed by atoms with van der Waals surface area (Å²) in [6.45, 7) is 5.58. The number of aliphatic hydroxyl groups is 1. The lowest BCUT2D eigenvalue weighted by Crippen LogP contribution is -2.19. The largest absolute Gasteiger partial charge is 0.389 e. The number of hydrogen-bond acceptors (Lipinski definition) is 2. The van der Waals surface area contributed by atoms with E-state index in [0.29, 0.717) is 0 Å². The van der Waals surface area contributed by atoms with Crippen LogP contribution in [-0.4, -0.2) is 11.0 Å². The number of aliphatic hydroxyl groups excluding tert-OH is 1. The van der Waals surface area contributed by atoms with E-state index in [1.165, 1.54) is 0 Å². The van der Waals surface area contributed by atoms with Crippen molar-refractivity contribution in [3.8, 4) is 0 Å². The Bertz CT molecular complexity index is 361. The van der Waals surface area contributed by atoms with Crippen LogP contribution in [0.25, 0.3) is 0 Å². The van der Waals surface area contributed by atoms with Crippen molar-refractivity contribution in [1.29, 1.82) is 0 Å². The van der Waals surface area contributed by atoms with Crippen LogP contribution < -0.4 is 5.32 Å². The zero-order valence-corrected chi connectivity index (χ0v) is 10.0. The van der Waals surface area contributed by atoms with Crippen molar-refractivity contribution in [3.63, 3.8) is 0 Å². The lowest BCUT2D eigenvalue weighted by molar-refractivity contribution is -0.119. The highest BCUT2D eigenvalue weighted by atomic mass is 16.3. The number of benzene rings is 1. The van der Waals surface area contributed by atoms with Gasteiger partial charge in [0.15, 0.2) is 0 Å². The number of carbonyl (C=O) groups is 1. The fraction of sp³-hybridized carbons (Fsp3) is 0.462. The Morgan fingerprint density at radius 2 is 2.12 bits per heavy atom. The summed E-state index contributed by atoms with van der Waals surface area (Å²) in [4.78, 5) is 11.7. The van der Waals surface area contributed by atoms with Crippen molar-refractivity contribution in [2.24, 2.45) is 5.92 Å². The minimum Gasteiger partial charge on any atom is -0.389 e. The molecule has 0 aliphatic carbocycles. The van der Waals surface area contributed by atoms with Gasteiger partial charge in [-0.25, -0.2) is 0 Å². The van der Waals surface area contributed by atoms with Crippen LogP contribution in [0.4, 0.5) is 5.69 Å². The highest BCUT2D eigenvalue weighted by Crippen LogP contribution is 2.17. The van der Waals surface area contributed by atoms with Crippen molar-refractivity contribution in [2.75, 3.05) is 5.32 Å². The maximum absolute atomic E-state index is 11.7. The summed E-state index contributed by atoms with van der Waals surface area (Å²) in [6.07, 6.45) is 0.308. The zero-order valence-electron chi connectivity index (χ0n) is 10.0. The molecule has 0 spiro atoms. The molecule has 1 aromatic carbocycles. The van der Waals surface area contributed by atoms with Crippen LogP contribution in [0.2, 0.25) is 0 Å². The number of anilines is 1. The molecule has 1 aromatic rings. The molecule has 1 amide bonds. The number of amides is 1. The smallest absolute Gasteiger partial charge is 0.227 e. The molecule has 0 heterocycles. The normalized spacial score (nSPS) is 14.2. The number of nitrogens with one attached hydrogen (secondary N) is 1. The quantitative estimate of drug-likeness (QED) is 0.821. The first-order valence-corrected chi connectivity index (χ1v) is 5.63. The fourth-order valence-corrected chi connectivity index (χ4v) is 1.33. The molecule has 16 heavy (non-hydrogen) atoms. The van der Waals surface area contributed by atoms with Crippen molar-refractivity contribution in [1.82, 2.24) is 0 Å². The molecule has 0 fully saturated rings. The molecule has 3 nitrogen and oxygen atoms in total. The molecule has 88 valence electrons. The van der Waals surface area contributed by atoms with Crippen LogP contribution in [0.15, 0.2) is 24.3 Å². The lowest BCUT2D eigenvalue weighted by atomic mass is 10.1. The van der Waals surface area contributed by atoms with Gasteiger partial charge in [0.1, 0.15) is 0 Å². The van der Waals surface area contributed by atoms with Crippen LogP contribution in [0.5, 0.6) is 0 Å². The molecule has 0 aliphatic heterocycles. The van der Waals surface area contributed by atoms with Gasteiger partial charge in [-0.3, -0.25) is 4.79 Å². The lowest BCUT2D eigenvalue weighted by Gasteiger charge is -2.11. The number of rotatable bonds is 4. The summed E-state index contributed by atoms with van der Waals surface area (Å²) in [5, 5.41) is 12.3. The van der Waals surface area contributed by atoms with E-state index < -0.39 is 6.10 Å². The monoisotopic (exact) mass is 221 g/mol. The van der Waals surface area contributed by atoms with Crippen molar-refractivity contribution in [2.45, 2.75) is 33.3 Å². The van der Waals surface area contributed by atoms with Crippen molar-refractivity contribution in [3.05, 3.63) is 29.8 Å². The van der Waals surface area contributed by atoms with Crippen LogP contribution in [0, 0.1) is 5.92 Å².